The highest BCUT2D eigenvalue weighted by atomic mass is 15.0. The molecule has 10 heavy (non-hydrogen) atoms. The fourth-order valence-corrected chi connectivity index (χ4v) is 0.729. The maximum atomic E-state index is 5.42. The summed E-state index contributed by atoms with van der Waals surface area (Å²) in [6.07, 6.45) is 1.72. The first-order chi connectivity index (χ1) is 4.74. The molecule has 0 fully saturated rings. The summed E-state index contributed by atoms with van der Waals surface area (Å²) in [5, 5.41) is 0. The summed E-state index contributed by atoms with van der Waals surface area (Å²) in [6.45, 7) is 2.63. The molecule has 0 saturated heterocycles. The monoisotopic (exact) mass is 140 g/mol. The zero-order valence-corrected chi connectivity index (χ0v) is 5.96. The molecule has 1 atom stereocenters. The van der Waals surface area contributed by atoms with Gasteiger partial charge in [0.1, 0.15) is 0 Å². The Labute approximate surface area is 59.6 Å². The highest BCUT2D eigenvalue weighted by Gasteiger charge is 2.04. The van der Waals surface area contributed by atoms with Crippen molar-refractivity contribution >= 4 is 5.95 Å². The molecule has 0 aromatic carbocycles. The van der Waals surface area contributed by atoms with Crippen molar-refractivity contribution in [2.75, 3.05) is 12.3 Å². The predicted octanol–water partition coefficient (Wildman–Crippen LogP) is 0.0541. The quantitative estimate of drug-likeness (QED) is 0.543. The predicted molar refractivity (Wildman–Crippen MR) is 40.5 cm³/mol. The van der Waals surface area contributed by atoms with Gasteiger partial charge in [0.15, 0.2) is 5.95 Å². The second-order valence-electron chi connectivity index (χ2n) is 2.36. The number of hydrogen-bond donors (Lipinski definition) is 3. The van der Waals surface area contributed by atoms with Crippen LogP contribution in [0, 0.1) is 0 Å². The Balaban J connectivity index is 2.74. The lowest BCUT2D eigenvalue weighted by Gasteiger charge is -2.02. The Kier molecular flexibility index (Phi) is 1.91. The van der Waals surface area contributed by atoms with Crippen LogP contribution in [0.4, 0.5) is 5.95 Å². The molecule has 0 spiro atoms. The number of nitrogens with zero attached hydrogens (tertiary/aromatic N) is 1. The lowest BCUT2D eigenvalue weighted by Crippen LogP contribution is -2.09. The molecule has 0 aliphatic carbocycles. The van der Waals surface area contributed by atoms with Gasteiger partial charge in [0, 0.05) is 18.2 Å². The van der Waals surface area contributed by atoms with Crippen molar-refractivity contribution in [3.63, 3.8) is 0 Å². The van der Waals surface area contributed by atoms with Crippen molar-refractivity contribution in [1.29, 1.82) is 0 Å². The van der Waals surface area contributed by atoms with E-state index in [0.717, 1.165) is 5.69 Å². The lowest BCUT2D eigenvalue weighted by molar-refractivity contribution is 0.752. The van der Waals surface area contributed by atoms with E-state index in [1.54, 1.807) is 6.20 Å². The summed E-state index contributed by atoms with van der Waals surface area (Å²) in [5.41, 5.74) is 11.8. The average molecular weight is 140 g/mol. The minimum Gasteiger partial charge on any atom is -0.369 e. The average Bonchev–Trinajstić information content (AvgIpc) is 2.34. The Morgan fingerprint density at radius 2 is 2.50 bits per heavy atom. The van der Waals surface area contributed by atoms with Gasteiger partial charge in [-0.15, -0.1) is 0 Å². The van der Waals surface area contributed by atoms with Gasteiger partial charge >= 0.3 is 0 Å². The molecule has 0 bridgehead atoms. The van der Waals surface area contributed by atoms with E-state index in [4.69, 9.17) is 11.5 Å². The highest BCUT2D eigenvalue weighted by molar-refractivity contribution is 5.20. The fourth-order valence-electron chi connectivity index (χ4n) is 0.729. The lowest BCUT2D eigenvalue weighted by atomic mass is 10.1. The summed E-state index contributed by atoms with van der Waals surface area (Å²) >= 11 is 0. The zero-order valence-electron chi connectivity index (χ0n) is 5.96. The number of nitrogen functional groups attached to an aromatic ring is 1. The smallest absolute Gasteiger partial charge is 0.197 e. The van der Waals surface area contributed by atoms with Crippen molar-refractivity contribution < 1.29 is 0 Å². The third-order valence-electron chi connectivity index (χ3n) is 1.50. The van der Waals surface area contributed by atoms with E-state index in [9.17, 15) is 0 Å². The van der Waals surface area contributed by atoms with Gasteiger partial charge in [-0.1, -0.05) is 6.92 Å². The van der Waals surface area contributed by atoms with E-state index in [1.807, 2.05) is 6.92 Å². The van der Waals surface area contributed by atoms with Crippen LogP contribution < -0.4 is 11.5 Å². The van der Waals surface area contributed by atoms with Crippen LogP contribution in [0.1, 0.15) is 18.5 Å². The Morgan fingerprint density at radius 3 is 2.90 bits per heavy atom. The standard InChI is InChI=1S/C6H12N4/c1-4(2-7)5-3-9-6(8)10-5/h3-4H,2,7H2,1H3,(H3,8,9,10). The van der Waals surface area contributed by atoms with Gasteiger partial charge in [-0.2, -0.15) is 0 Å². The Morgan fingerprint density at radius 1 is 1.80 bits per heavy atom. The van der Waals surface area contributed by atoms with Crippen molar-refractivity contribution in [2.24, 2.45) is 5.73 Å². The van der Waals surface area contributed by atoms with Crippen LogP contribution in [0.2, 0.25) is 0 Å². The molecular formula is C6H12N4. The van der Waals surface area contributed by atoms with Crippen molar-refractivity contribution in [3.8, 4) is 0 Å². The molecule has 4 heteroatoms. The number of nitrogens with one attached hydrogen (secondary N) is 1. The van der Waals surface area contributed by atoms with Crippen LogP contribution in [-0.4, -0.2) is 16.5 Å². The number of anilines is 1. The van der Waals surface area contributed by atoms with Gasteiger partial charge in [-0.3, -0.25) is 0 Å². The summed E-state index contributed by atoms with van der Waals surface area (Å²) in [4.78, 5) is 6.77. The van der Waals surface area contributed by atoms with Crippen LogP contribution in [0.5, 0.6) is 0 Å². The number of hydrogen-bond acceptors (Lipinski definition) is 3. The molecule has 56 valence electrons. The maximum Gasteiger partial charge on any atom is 0.197 e. The molecule has 4 nitrogen and oxygen atoms in total. The normalized spacial score (nSPS) is 13.4. The van der Waals surface area contributed by atoms with E-state index in [1.165, 1.54) is 0 Å². The van der Waals surface area contributed by atoms with Crippen molar-refractivity contribution in [3.05, 3.63) is 11.9 Å². The minimum atomic E-state index is 0.310. The third-order valence-corrected chi connectivity index (χ3v) is 1.50. The summed E-state index contributed by atoms with van der Waals surface area (Å²) in [6, 6.07) is 0. The molecule has 0 aliphatic heterocycles. The van der Waals surface area contributed by atoms with E-state index in [2.05, 4.69) is 9.97 Å². The van der Waals surface area contributed by atoms with Gasteiger partial charge < -0.3 is 16.5 Å². The van der Waals surface area contributed by atoms with Crippen LogP contribution in [0.25, 0.3) is 0 Å². The Hall–Kier alpha value is -1.03. The number of imidazole rings is 1. The van der Waals surface area contributed by atoms with Crippen molar-refractivity contribution in [1.82, 2.24) is 9.97 Å². The molecule has 0 saturated carbocycles. The summed E-state index contributed by atoms with van der Waals surface area (Å²) in [7, 11) is 0. The number of rotatable bonds is 2. The molecule has 0 aliphatic rings. The second-order valence-corrected chi connectivity index (χ2v) is 2.36. The van der Waals surface area contributed by atoms with Gasteiger partial charge in [-0.05, 0) is 0 Å². The second kappa shape index (κ2) is 2.70. The van der Waals surface area contributed by atoms with Gasteiger partial charge in [0.2, 0.25) is 0 Å². The molecule has 0 radical (unpaired) electrons. The molecule has 1 aromatic heterocycles. The van der Waals surface area contributed by atoms with Crippen LogP contribution in [0.15, 0.2) is 6.20 Å². The van der Waals surface area contributed by atoms with Crippen molar-refractivity contribution in [2.45, 2.75) is 12.8 Å². The summed E-state index contributed by atoms with van der Waals surface area (Å²) in [5.74, 6) is 0.764. The van der Waals surface area contributed by atoms with Gasteiger partial charge in [-0.25, -0.2) is 4.98 Å². The van der Waals surface area contributed by atoms with E-state index in [-0.39, 0.29) is 0 Å². The number of aromatic amines is 1. The molecule has 1 aromatic rings. The SMILES string of the molecule is CC(CN)c1cnc(N)[nH]1. The largest absolute Gasteiger partial charge is 0.369 e. The van der Waals surface area contributed by atoms with E-state index < -0.39 is 0 Å². The molecular weight excluding hydrogens is 128 g/mol. The van der Waals surface area contributed by atoms with Gasteiger partial charge in [0.25, 0.3) is 0 Å². The maximum absolute atomic E-state index is 5.42. The number of H-pyrrole nitrogens is 1. The number of aromatic nitrogens is 2. The summed E-state index contributed by atoms with van der Waals surface area (Å²) < 4.78 is 0. The molecule has 5 N–H and O–H groups in total. The third kappa shape index (κ3) is 1.27. The molecule has 1 heterocycles. The first-order valence-corrected chi connectivity index (χ1v) is 3.24. The highest BCUT2D eigenvalue weighted by Crippen LogP contribution is 2.10. The topological polar surface area (TPSA) is 80.7 Å². The first-order valence-electron chi connectivity index (χ1n) is 3.24. The molecule has 0 amide bonds. The van der Waals surface area contributed by atoms with E-state index >= 15 is 0 Å². The number of nitrogens with two attached hydrogens (primary N) is 2. The minimum absolute atomic E-state index is 0.310. The zero-order chi connectivity index (χ0) is 7.56. The van der Waals surface area contributed by atoms with Crippen LogP contribution in [0.3, 0.4) is 0 Å². The molecule has 1 unspecified atom stereocenters. The fraction of sp³-hybridized carbons (Fsp3) is 0.500. The van der Waals surface area contributed by atoms with Gasteiger partial charge in [0.05, 0.1) is 6.20 Å². The van der Waals surface area contributed by atoms with Crippen LogP contribution >= 0.6 is 0 Å². The Bertz CT molecular complexity index is 205. The van der Waals surface area contributed by atoms with E-state index in [0.29, 0.717) is 18.4 Å². The van der Waals surface area contributed by atoms with Crippen LogP contribution in [-0.2, 0) is 0 Å². The first kappa shape index (κ1) is 7.08. The molecule has 1 rings (SSSR count).